The standard InChI is InChI=1S/C21H25N5O3/c27-19(24-17-3-7-22-8-4-17)15-5-11-26(12-6-15)20(28)16-13-18(23-14-16)21(29)25-9-1-2-10-25/h3-4,7-8,13-15,23H,1-2,5-6,9-12H2,(H,22,24,27). The van der Waals surface area contributed by atoms with Gasteiger partial charge in [0.2, 0.25) is 5.91 Å². The second kappa shape index (κ2) is 8.46. The average molecular weight is 395 g/mol. The molecule has 4 heterocycles. The van der Waals surface area contributed by atoms with Gasteiger partial charge in [-0.2, -0.15) is 0 Å². The number of carbonyl (C=O) groups excluding carboxylic acids is 3. The largest absolute Gasteiger partial charge is 0.356 e. The van der Waals surface area contributed by atoms with Crippen molar-refractivity contribution in [2.45, 2.75) is 25.7 Å². The summed E-state index contributed by atoms with van der Waals surface area (Å²) in [7, 11) is 0. The van der Waals surface area contributed by atoms with Crippen LogP contribution in [0.5, 0.6) is 0 Å². The van der Waals surface area contributed by atoms with E-state index in [0.717, 1.165) is 31.6 Å². The number of nitrogens with one attached hydrogen (secondary N) is 2. The van der Waals surface area contributed by atoms with Gasteiger partial charge in [-0.05, 0) is 43.9 Å². The number of nitrogens with zero attached hydrogens (tertiary/aromatic N) is 3. The lowest BCUT2D eigenvalue weighted by atomic mass is 9.95. The molecule has 0 spiro atoms. The molecule has 152 valence electrons. The van der Waals surface area contributed by atoms with Gasteiger partial charge < -0.3 is 20.1 Å². The number of H-pyrrole nitrogens is 1. The molecule has 0 unspecified atom stereocenters. The Labute approximate surface area is 169 Å². The highest BCUT2D eigenvalue weighted by atomic mass is 16.2. The van der Waals surface area contributed by atoms with Crippen LogP contribution in [0.4, 0.5) is 5.69 Å². The molecule has 0 aromatic carbocycles. The SMILES string of the molecule is O=C(Nc1ccncc1)C1CCN(C(=O)c2c[nH]c(C(=O)N3CCCC3)c2)CC1. The van der Waals surface area contributed by atoms with Gasteiger partial charge >= 0.3 is 0 Å². The maximum atomic E-state index is 12.8. The molecule has 0 aliphatic carbocycles. The summed E-state index contributed by atoms with van der Waals surface area (Å²) >= 11 is 0. The highest BCUT2D eigenvalue weighted by Gasteiger charge is 2.29. The first-order chi connectivity index (χ1) is 14.1. The summed E-state index contributed by atoms with van der Waals surface area (Å²) < 4.78 is 0. The van der Waals surface area contributed by atoms with Gasteiger partial charge in [-0.1, -0.05) is 0 Å². The summed E-state index contributed by atoms with van der Waals surface area (Å²) in [6.45, 7) is 2.59. The van der Waals surface area contributed by atoms with E-state index in [1.54, 1.807) is 41.7 Å². The van der Waals surface area contributed by atoms with E-state index in [0.29, 0.717) is 37.2 Å². The fourth-order valence-electron chi connectivity index (χ4n) is 3.94. The van der Waals surface area contributed by atoms with Crippen molar-refractivity contribution in [2.24, 2.45) is 5.92 Å². The van der Waals surface area contributed by atoms with E-state index in [2.05, 4.69) is 15.3 Å². The predicted molar refractivity (Wildman–Crippen MR) is 107 cm³/mol. The molecule has 2 N–H and O–H groups in total. The minimum absolute atomic E-state index is 0.0246. The number of hydrogen-bond donors (Lipinski definition) is 2. The van der Waals surface area contributed by atoms with Gasteiger partial charge in [-0.25, -0.2) is 0 Å². The van der Waals surface area contributed by atoms with Gasteiger partial charge in [0.15, 0.2) is 0 Å². The summed E-state index contributed by atoms with van der Waals surface area (Å²) in [6, 6.07) is 5.15. The number of anilines is 1. The van der Waals surface area contributed by atoms with Crippen LogP contribution in [-0.4, -0.2) is 63.7 Å². The second-order valence-corrected chi connectivity index (χ2v) is 7.59. The molecule has 8 nitrogen and oxygen atoms in total. The molecule has 2 aliphatic heterocycles. The normalized spacial score (nSPS) is 17.4. The zero-order valence-corrected chi connectivity index (χ0v) is 16.3. The molecule has 2 aromatic rings. The van der Waals surface area contributed by atoms with Gasteiger partial charge in [-0.15, -0.1) is 0 Å². The summed E-state index contributed by atoms with van der Waals surface area (Å²) in [5.41, 5.74) is 1.68. The number of amides is 3. The van der Waals surface area contributed by atoms with E-state index in [4.69, 9.17) is 0 Å². The van der Waals surface area contributed by atoms with E-state index < -0.39 is 0 Å². The zero-order valence-electron chi connectivity index (χ0n) is 16.3. The highest BCUT2D eigenvalue weighted by molar-refractivity contribution is 5.99. The van der Waals surface area contributed by atoms with Crippen LogP contribution in [0.15, 0.2) is 36.8 Å². The third-order valence-corrected chi connectivity index (χ3v) is 5.65. The van der Waals surface area contributed by atoms with Crippen LogP contribution in [0.2, 0.25) is 0 Å². The van der Waals surface area contributed by atoms with Crippen molar-refractivity contribution < 1.29 is 14.4 Å². The first-order valence-corrected chi connectivity index (χ1v) is 10.1. The van der Waals surface area contributed by atoms with Crippen LogP contribution in [-0.2, 0) is 4.79 Å². The summed E-state index contributed by atoms with van der Waals surface area (Å²) in [5.74, 6) is -0.294. The molecule has 4 rings (SSSR count). The lowest BCUT2D eigenvalue weighted by Crippen LogP contribution is -2.41. The number of aromatic amines is 1. The third kappa shape index (κ3) is 4.31. The average Bonchev–Trinajstić information content (AvgIpc) is 3.46. The van der Waals surface area contributed by atoms with Crippen molar-refractivity contribution in [1.82, 2.24) is 19.8 Å². The van der Waals surface area contributed by atoms with Crippen molar-refractivity contribution >= 4 is 23.4 Å². The minimum atomic E-state index is -0.120. The molecule has 8 heteroatoms. The van der Waals surface area contributed by atoms with Crippen molar-refractivity contribution in [3.63, 3.8) is 0 Å². The van der Waals surface area contributed by atoms with E-state index in [1.807, 2.05) is 4.90 Å². The number of carbonyl (C=O) groups is 3. The van der Waals surface area contributed by atoms with Crippen LogP contribution >= 0.6 is 0 Å². The van der Waals surface area contributed by atoms with E-state index in [9.17, 15) is 14.4 Å². The molecule has 29 heavy (non-hydrogen) atoms. The third-order valence-electron chi connectivity index (χ3n) is 5.65. The number of hydrogen-bond acceptors (Lipinski definition) is 4. The molecule has 0 saturated carbocycles. The molecule has 2 aliphatic rings. The Bertz CT molecular complexity index is 881. The van der Waals surface area contributed by atoms with E-state index in [1.165, 1.54) is 0 Å². The van der Waals surface area contributed by atoms with Crippen LogP contribution < -0.4 is 5.32 Å². The van der Waals surface area contributed by atoms with Crippen LogP contribution in [0.1, 0.15) is 46.5 Å². The number of aromatic nitrogens is 2. The Hall–Kier alpha value is -3.16. The van der Waals surface area contributed by atoms with Crippen LogP contribution in [0, 0.1) is 5.92 Å². The molecule has 3 amide bonds. The second-order valence-electron chi connectivity index (χ2n) is 7.59. The van der Waals surface area contributed by atoms with Crippen molar-refractivity contribution in [1.29, 1.82) is 0 Å². The van der Waals surface area contributed by atoms with Crippen molar-refractivity contribution in [2.75, 3.05) is 31.5 Å². The maximum Gasteiger partial charge on any atom is 0.270 e. The fraction of sp³-hybridized carbons (Fsp3) is 0.429. The number of pyridine rings is 1. The van der Waals surface area contributed by atoms with Gasteiger partial charge in [0.25, 0.3) is 11.8 Å². The molecule has 0 atom stereocenters. The lowest BCUT2D eigenvalue weighted by Gasteiger charge is -2.31. The highest BCUT2D eigenvalue weighted by Crippen LogP contribution is 2.22. The Morgan fingerprint density at radius 2 is 1.62 bits per heavy atom. The van der Waals surface area contributed by atoms with Gasteiger partial charge in [-0.3, -0.25) is 19.4 Å². The van der Waals surface area contributed by atoms with Gasteiger partial charge in [0, 0.05) is 56.4 Å². The summed E-state index contributed by atoms with van der Waals surface area (Å²) in [5, 5.41) is 2.90. The quantitative estimate of drug-likeness (QED) is 0.829. The van der Waals surface area contributed by atoms with Crippen molar-refractivity contribution in [3.8, 4) is 0 Å². The minimum Gasteiger partial charge on any atom is -0.356 e. The number of likely N-dealkylation sites (tertiary alicyclic amines) is 2. The number of rotatable bonds is 4. The summed E-state index contributed by atoms with van der Waals surface area (Å²) in [4.78, 5) is 48.1. The smallest absolute Gasteiger partial charge is 0.270 e. The Morgan fingerprint density at radius 1 is 0.966 bits per heavy atom. The molecular weight excluding hydrogens is 370 g/mol. The fourth-order valence-corrected chi connectivity index (χ4v) is 3.94. The Balaban J connectivity index is 1.31. The molecule has 2 aromatic heterocycles. The lowest BCUT2D eigenvalue weighted by molar-refractivity contribution is -0.121. The van der Waals surface area contributed by atoms with E-state index in [-0.39, 0.29) is 23.6 Å². The molecule has 0 radical (unpaired) electrons. The predicted octanol–water partition coefficient (Wildman–Crippen LogP) is 2.14. The Morgan fingerprint density at radius 3 is 2.31 bits per heavy atom. The van der Waals surface area contributed by atoms with Gasteiger partial charge in [0.1, 0.15) is 5.69 Å². The first-order valence-electron chi connectivity index (χ1n) is 10.1. The summed E-state index contributed by atoms with van der Waals surface area (Å²) in [6.07, 6.45) is 8.17. The monoisotopic (exact) mass is 395 g/mol. The van der Waals surface area contributed by atoms with Crippen LogP contribution in [0.25, 0.3) is 0 Å². The molecular formula is C21H25N5O3. The molecule has 0 bridgehead atoms. The molecule has 2 fully saturated rings. The first kappa shape index (κ1) is 19.2. The number of piperidine rings is 1. The van der Waals surface area contributed by atoms with Crippen molar-refractivity contribution in [3.05, 3.63) is 48.0 Å². The zero-order chi connectivity index (χ0) is 20.2. The van der Waals surface area contributed by atoms with Crippen LogP contribution in [0.3, 0.4) is 0 Å². The molecule has 2 saturated heterocycles. The topological polar surface area (TPSA) is 98.4 Å². The maximum absolute atomic E-state index is 12.8. The van der Waals surface area contributed by atoms with Gasteiger partial charge in [0.05, 0.1) is 5.56 Å². The Kier molecular flexibility index (Phi) is 5.59. The van der Waals surface area contributed by atoms with E-state index >= 15 is 0 Å².